The number of carbonyl (C=O) groups excluding carboxylic acids is 1. The van der Waals surface area contributed by atoms with Crippen LogP contribution in [0.25, 0.3) is 0 Å². The first-order chi connectivity index (χ1) is 13.9. The number of anilines is 2. The van der Waals surface area contributed by atoms with Crippen LogP contribution >= 0.6 is 0 Å². The second kappa shape index (κ2) is 8.91. The van der Waals surface area contributed by atoms with E-state index in [9.17, 15) is 13.2 Å². The van der Waals surface area contributed by atoms with E-state index in [4.69, 9.17) is 0 Å². The van der Waals surface area contributed by atoms with E-state index in [0.29, 0.717) is 11.5 Å². The quantitative estimate of drug-likeness (QED) is 0.588. The molecular weight excluding hydrogens is 388 g/mol. The molecule has 0 fully saturated rings. The number of hydrogen-bond acceptors (Lipinski definition) is 4. The highest BCUT2D eigenvalue weighted by molar-refractivity contribution is 7.92. The maximum atomic E-state index is 12.7. The van der Waals surface area contributed by atoms with Crippen LogP contribution in [-0.4, -0.2) is 24.1 Å². The van der Waals surface area contributed by atoms with Gasteiger partial charge in [-0.3, -0.25) is 14.2 Å². The number of amides is 1. The molecule has 2 N–H and O–H groups in total. The van der Waals surface area contributed by atoms with E-state index < -0.39 is 15.9 Å². The zero-order valence-corrected chi connectivity index (χ0v) is 17.2. The zero-order valence-electron chi connectivity index (χ0n) is 16.4. The SMILES string of the molecule is CCCCc1ccc(NS(=O)(=O)c2cccc(C(=O)Nc3ccn(C)n3)c2)cc1. The molecular formula is C21H24N4O3S. The fraction of sp³-hybridized carbons (Fsp3) is 0.238. The van der Waals surface area contributed by atoms with Gasteiger partial charge in [-0.15, -0.1) is 0 Å². The van der Waals surface area contributed by atoms with Crippen molar-refractivity contribution in [3.8, 4) is 0 Å². The van der Waals surface area contributed by atoms with Crippen molar-refractivity contribution in [2.24, 2.45) is 7.05 Å². The van der Waals surface area contributed by atoms with E-state index in [0.717, 1.165) is 19.3 Å². The van der Waals surface area contributed by atoms with Crippen molar-refractivity contribution in [2.45, 2.75) is 31.1 Å². The molecule has 1 heterocycles. The van der Waals surface area contributed by atoms with Crippen molar-refractivity contribution in [2.75, 3.05) is 10.0 Å². The molecule has 0 aliphatic heterocycles. The maximum Gasteiger partial charge on any atom is 0.261 e. The Morgan fingerprint density at radius 1 is 1.10 bits per heavy atom. The summed E-state index contributed by atoms with van der Waals surface area (Å²) in [5, 5.41) is 6.73. The van der Waals surface area contributed by atoms with Crippen LogP contribution in [-0.2, 0) is 23.5 Å². The Labute approximate surface area is 170 Å². The van der Waals surface area contributed by atoms with Gasteiger partial charge in [0.1, 0.15) is 0 Å². The van der Waals surface area contributed by atoms with Crippen LogP contribution in [0.1, 0.15) is 35.7 Å². The summed E-state index contributed by atoms with van der Waals surface area (Å²) in [5.74, 6) is -0.0342. The van der Waals surface area contributed by atoms with E-state index in [1.165, 1.54) is 23.8 Å². The lowest BCUT2D eigenvalue weighted by Crippen LogP contribution is -2.16. The van der Waals surface area contributed by atoms with Crippen LogP contribution in [0.15, 0.2) is 65.7 Å². The van der Waals surface area contributed by atoms with Gasteiger partial charge < -0.3 is 5.32 Å². The van der Waals surface area contributed by atoms with Gasteiger partial charge in [-0.2, -0.15) is 5.10 Å². The highest BCUT2D eigenvalue weighted by Crippen LogP contribution is 2.19. The summed E-state index contributed by atoms with van der Waals surface area (Å²) in [4.78, 5) is 12.4. The Morgan fingerprint density at radius 2 is 1.86 bits per heavy atom. The average Bonchev–Trinajstić information content (AvgIpc) is 3.12. The monoisotopic (exact) mass is 412 g/mol. The van der Waals surface area contributed by atoms with Gasteiger partial charge in [-0.1, -0.05) is 31.5 Å². The summed E-state index contributed by atoms with van der Waals surface area (Å²) in [7, 11) is -2.08. The second-order valence-corrected chi connectivity index (χ2v) is 8.44. The Bertz CT molecular complexity index is 1090. The first kappa shape index (κ1) is 20.6. The largest absolute Gasteiger partial charge is 0.305 e. The van der Waals surface area contributed by atoms with Crippen LogP contribution in [0.2, 0.25) is 0 Å². The van der Waals surface area contributed by atoms with Gasteiger partial charge in [-0.25, -0.2) is 8.42 Å². The molecule has 0 aliphatic rings. The van der Waals surface area contributed by atoms with Crippen molar-refractivity contribution < 1.29 is 13.2 Å². The van der Waals surface area contributed by atoms with Gasteiger partial charge in [0.25, 0.3) is 15.9 Å². The molecule has 3 aromatic rings. The minimum Gasteiger partial charge on any atom is -0.305 e. The number of carbonyl (C=O) groups is 1. The smallest absolute Gasteiger partial charge is 0.261 e. The Hall–Kier alpha value is -3.13. The number of unbranched alkanes of at least 4 members (excludes halogenated alkanes) is 1. The number of aromatic nitrogens is 2. The summed E-state index contributed by atoms with van der Waals surface area (Å²) in [6.07, 6.45) is 4.88. The lowest BCUT2D eigenvalue weighted by Gasteiger charge is -2.10. The third-order valence-corrected chi connectivity index (χ3v) is 5.77. The minimum atomic E-state index is -3.82. The Kier molecular flexibility index (Phi) is 6.33. The molecule has 0 aliphatic carbocycles. The molecule has 1 amide bonds. The summed E-state index contributed by atoms with van der Waals surface area (Å²) in [5.41, 5.74) is 1.88. The summed E-state index contributed by atoms with van der Waals surface area (Å²) in [6, 6.07) is 14.9. The number of benzene rings is 2. The van der Waals surface area contributed by atoms with Gasteiger partial charge in [0.2, 0.25) is 0 Å². The lowest BCUT2D eigenvalue weighted by molar-refractivity contribution is 0.102. The predicted molar refractivity (Wildman–Crippen MR) is 113 cm³/mol. The van der Waals surface area contributed by atoms with Crippen molar-refractivity contribution in [1.29, 1.82) is 0 Å². The van der Waals surface area contributed by atoms with Gasteiger partial charge in [0.15, 0.2) is 5.82 Å². The lowest BCUT2D eigenvalue weighted by atomic mass is 10.1. The molecule has 7 nitrogen and oxygen atoms in total. The molecule has 2 aromatic carbocycles. The van der Waals surface area contributed by atoms with Crippen molar-refractivity contribution in [1.82, 2.24) is 9.78 Å². The van der Waals surface area contributed by atoms with Crippen molar-refractivity contribution >= 4 is 27.4 Å². The number of rotatable bonds is 8. The molecule has 0 atom stereocenters. The van der Waals surface area contributed by atoms with Gasteiger partial charge in [0.05, 0.1) is 4.90 Å². The molecule has 0 saturated heterocycles. The van der Waals surface area contributed by atoms with Crippen LogP contribution < -0.4 is 10.0 Å². The molecule has 0 spiro atoms. The van der Waals surface area contributed by atoms with Crippen LogP contribution in [0.4, 0.5) is 11.5 Å². The van der Waals surface area contributed by atoms with E-state index in [2.05, 4.69) is 22.1 Å². The Morgan fingerprint density at radius 3 is 2.52 bits per heavy atom. The summed E-state index contributed by atoms with van der Waals surface area (Å²) >= 11 is 0. The fourth-order valence-corrected chi connectivity index (χ4v) is 3.91. The molecule has 0 saturated carbocycles. The van der Waals surface area contributed by atoms with Crippen LogP contribution in [0.3, 0.4) is 0 Å². The minimum absolute atomic E-state index is 0.0150. The fourth-order valence-electron chi connectivity index (χ4n) is 2.81. The standard InChI is InChI=1S/C21H24N4O3S/c1-3-4-6-16-9-11-18(12-10-16)24-29(27,28)19-8-5-7-17(15-19)21(26)22-20-13-14-25(2)23-20/h5,7-15,24H,3-4,6H2,1-2H3,(H,22,23,26). The zero-order chi connectivity index (χ0) is 20.9. The van der Waals surface area contributed by atoms with Gasteiger partial charge >= 0.3 is 0 Å². The molecule has 152 valence electrons. The van der Waals surface area contributed by atoms with Crippen LogP contribution in [0.5, 0.6) is 0 Å². The summed E-state index contributed by atoms with van der Waals surface area (Å²) < 4.78 is 29.6. The van der Waals surface area contributed by atoms with E-state index in [1.54, 1.807) is 42.2 Å². The molecule has 0 unspecified atom stereocenters. The first-order valence-corrected chi connectivity index (χ1v) is 10.9. The molecule has 29 heavy (non-hydrogen) atoms. The normalized spacial score (nSPS) is 11.2. The molecule has 0 radical (unpaired) electrons. The number of sulfonamides is 1. The number of nitrogens with zero attached hydrogens (tertiary/aromatic N) is 2. The van der Waals surface area contributed by atoms with Gasteiger partial charge in [-0.05, 0) is 48.7 Å². The van der Waals surface area contributed by atoms with E-state index >= 15 is 0 Å². The second-order valence-electron chi connectivity index (χ2n) is 6.76. The number of aryl methyl sites for hydroxylation is 2. The molecule has 8 heteroatoms. The average molecular weight is 413 g/mol. The Balaban J connectivity index is 1.73. The van der Waals surface area contributed by atoms with E-state index in [1.807, 2.05) is 12.1 Å². The summed E-state index contributed by atoms with van der Waals surface area (Å²) in [6.45, 7) is 2.13. The first-order valence-electron chi connectivity index (χ1n) is 9.40. The van der Waals surface area contributed by atoms with Crippen molar-refractivity contribution in [3.63, 3.8) is 0 Å². The molecule has 1 aromatic heterocycles. The third kappa shape index (κ3) is 5.45. The van der Waals surface area contributed by atoms with E-state index in [-0.39, 0.29) is 10.5 Å². The topological polar surface area (TPSA) is 93.1 Å². The third-order valence-electron chi connectivity index (χ3n) is 4.39. The molecule has 3 rings (SSSR count). The highest BCUT2D eigenvalue weighted by atomic mass is 32.2. The predicted octanol–water partition coefficient (Wildman–Crippen LogP) is 3.82. The number of hydrogen-bond donors (Lipinski definition) is 2. The molecule has 0 bridgehead atoms. The number of nitrogens with one attached hydrogen (secondary N) is 2. The highest BCUT2D eigenvalue weighted by Gasteiger charge is 2.17. The van der Waals surface area contributed by atoms with Crippen molar-refractivity contribution in [3.05, 3.63) is 71.9 Å². The maximum absolute atomic E-state index is 12.7. The van der Waals surface area contributed by atoms with Crippen LogP contribution in [0, 0.1) is 0 Å². The van der Waals surface area contributed by atoms with Gasteiger partial charge in [0, 0.05) is 30.6 Å².